The van der Waals surface area contributed by atoms with Gasteiger partial charge in [0.2, 0.25) is 17.3 Å². The lowest BCUT2D eigenvalue weighted by molar-refractivity contribution is -0.383. The van der Waals surface area contributed by atoms with Gasteiger partial charge in [-0.2, -0.15) is 0 Å². The van der Waals surface area contributed by atoms with Crippen LogP contribution < -0.4 is 15.2 Å². The molecule has 20 nitrogen and oxygen atoms in total. The number of benzene rings is 4. The average molecular weight is 946 g/mol. The van der Waals surface area contributed by atoms with Crippen LogP contribution in [-0.2, 0) is 54.2 Å². The molecule has 8 atom stereocenters. The third kappa shape index (κ3) is 13.9. The second kappa shape index (κ2) is 23.0. The number of hydrogen-bond donors (Lipinski definition) is 7. The van der Waals surface area contributed by atoms with Gasteiger partial charge in [0.1, 0.15) is 35.3 Å². The fourth-order valence-electron chi connectivity index (χ4n) is 8.12. The molecule has 2 amide bonds. The Morgan fingerprint density at radius 1 is 0.791 bits per heavy atom. The summed E-state index contributed by atoms with van der Waals surface area (Å²) in [7, 11) is -4.89. The molecule has 1 saturated heterocycles. The van der Waals surface area contributed by atoms with E-state index in [1.165, 1.54) is 36.4 Å². The lowest BCUT2D eigenvalue weighted by Crippen LogP contribution is -2.64. The maximum atomic E-state index is 14.6. The number of carbonyl (C=O) groups is 4. The molecule has 6 rings (SSSR count). The Morgan fingerprint density at radius 2 is 1.39 bits per heavy atom. The maximum Gasteiger partial charge on any atom is 0.524 e. The molecule has 0 radical (unpaired) electrons. The highest BCUT2D eigenvalue weighted by atomic mass is 31.2. The van der Waals surface area contributed by atoms with Crippen LogP contribution in [0.25, 0.3) is 11.0 Å². The molecule has 356 valence electrons. The minimum absolute atomic E-state index is 0.000723. The van der Waals surface area contributed by atoms with Gasteiger partial charge in [-0.25, -0.2) is 9.19 Å². The van der Waals surface area contributed by atoms with Crippen LogP contribution in [0.4, 0.5) is 5.69 Å². The molecule has 0 bridgehead atoms. The standard InChI is InChI=1S/C46H52N5O15P/c1-2-38-42(54)43(55)41(46(58)64-38)48-45(57)32(23-29-16-19-34(20-17-29)65-67(61,62)63)26-37(53)35(24-28-12-7-4-8-13-28)47-44(56)31(22-27-10-5-3-6-11-27)25-33(52)15-9-14-30-18-21-36(51(59)60)40-39(30)49-66-50-40/h3-8,10-13,16-21,31-32,35,38,41-43,46,54-55,58H,2,9,14-15,22-26H2,1H3,(H,47,56)(H,48,57)(H2,61,62,63)/t31?,32-,35+,38+,41?,42+,43+,46+/m0/s1. The smallest absolute Gasteiger partial charge is 0.404 e. The summed E-state index contributed by atoms with van der Waals surface area (Å²) >= 11 is 0. The third-order valence-corrected chi connectivity index (χ3v) is 12.1. The van der Waals surface area contributed by atoms with Crippen LogP contribution in [0.2, 0.25) is 0 Å². The van der Waals surface area contributed by atoms with Crippen molar-refractivity contribution in [1.82, 2.24) is 20.9 Å². The van der Waals surface area contributed by atoms with Crippen molar-refractivity contribution in [2.75, 3.05) is 0 Å². The summed E-state index contributed by atoms with van der Waals surface area (Å²) in [6.45, 7) is 1.68. The van der Waals surface area contributed by atoms with Crippen LogP contribution in [0.1, 0.15) is 61.3 Å². The number of aliphatic hydroxyl groups is 3. The highest BCUT2D eigenvalue weighted by molar-refractivity contribution is 7.46. The number of ether oxygens (including phenoxy) is 1. The van der Waals surface area contributed by atoms with Crippen molar-refractivity contribution in [3.63, 3.8) is 0 Å². The molecule has 67 heavy (non-hydrogen) atoms. The Hall–Kier alpha value is -6.25. The monoisotopic (exact) mass is 945 g/mol. The van der Waals surface area contributed by atoms with E-state index in [-0.39, 0.29) is 66.8 Å². The van der Waals surface area contributed by atoms with Crippen molar-refractivity contribution in [3.05, 3.63) is 129 Å². The molecule has 0 spiro atoms. The molecule has 21 heteroatoms. The van der Waals surface area contributed by atoms with Gasteiger partial charge in [0.05, 0.1) is 17.1 Å². The first kappa shape index (κ1) is 50.2. The summed E-state index contributed by atoms with van der Waals surface area (Å²) in [6, 6.07) is 23.3. The first-order valence-corrected chi connectivity index (χ1v) is 23.2. The van der Waals surface area contributed by atoms with Crippen LogP contribution in [-0.4, -0.2) is 100 Å². The summed E-state index contributed by atoms with van der Waals surface area (Å²) in [5.41, 5.74) is 2.39. The van der Waals surface area contributed by atoms with E-state index < -0.39 is 85.3 Å². The third-order valence-electron chi connectivity index (χ3n) is 11.6. The van der Waals surface area contributed by atoms with Crippen LogP contribution in [0.5, 0.6) is 5.75 Å². The fraction of sp³-hybridized carbons (Fsp3) is 0.391. The van der Waals surface area contributed by atoms with E-state index in [1.807, 2.05) is 18.2 Å². The van der Waals surface area contributed by atoms with Crippen LogP contribution in [0.15, 0.2) is 102 Å². The lowest BCUT2D eigenvalue weighted by Gasteiger charge is -2.41. The highest BCUT2D eigenvalue weighted by Crippen LogP contribution is 2.37. The van der Waals surface area contributed by atoms with Crippen molar-refractivity contribution in [2.24, 2.45) is 11.8 Å². The number of nitro groups is 1. The zero-order valence-electron chi connectivity index (χ0n) is 36.3. The quantitative estimate of drug-likeness (QED) is 0.0279. The first-order chi connectivity index (χ1) is 32.0. The Morgan fingerprint density at radius 3 is 2.00 bits per heavy atom. The second-order valence-electron chi connectivity index (χ2n) is 16.5. The lowest BCUT2D eigenvalue weighted by atomic mass is 9.87. The van der Waals surface area contributed by atoms with E-state index in [0.29, 0.717) is 29.5 Å². The molecule has 0 aliphatic carbocycles. The predicted octanol–water partition coefficient (Wildman–Crippen LogP) is 3.62. The van der Waals surface area contributed by atoms with Crippen molar-refractivity contribution in [1.29, 1.82) is 0 Å². The molecular weight excluding hydrogens is 893 g/mol. The number of aromatic nitrogens is 2. The number of hydrogen-bond acceptors (Lipinski definition) is 15. The number of non-ortho nitro benzene ring substituents is 1. The van der Waals surface area contributed by atoms with E-state index in [9.17, 15) is 59.0 Å². The van der Waals surface area contributed by atoms with Gasteiger partial charge in [0.15, 0.2) is 12.1 Å². The number of ketones is 2. The minimum Gasteiger partial charge on any atom is -0.404 e. The van der Waals surface area contributed by atoms with Gasteiger partial charge in [-0.3, -0.25) is 39.1 Å². The SMILES string of the molecule is CC[C@H]1O[C@@H](O)C(NC(=O)[C@H](CC(=O)[C@@H](Cc2ccccc2)NC(=O)C(CC(=O)CCCc2ccc([N+](=O)[O-])c3nonc23)Cc2ccccc2)Cc2ccc(OP(=O)(O)O)cc2)[C@@H](O)[C@@H]1O. The molecule has 2 heterocycles. The Labute approximate surface area is 384 Å². The van der Waals surface area contributed by atoms with Gasteiger partial charge in [-0.05, 0) is 89.3 Å². The molecule has 4 aromatic carbocycles. The number of Topliss-reactive ketones (excluding diaryl/α,β-unsaturated/α-hetero) is 2. The van der Waals surface area contributed by atoms with Gasteiger partial charge in [0, 0.05) is 37.2 Å². The van der Waals surface area contributed by atoms with Crippen LogP contribution in [0, 0.1) is 22.0 Å². The van der Waals surface area contributed by atoms with E-state index in [2.05, 4.69) is 25.5 Å². The number of phosphoric acid groups is 1. The van der Waals surface area contributed by atoms with Crippen molar-refractivity contribution >= 4 is 47.9 Å². The number of carbonyl (C=O) groups excluding carboxylic acids is 4. The minimum atomic E-state index is -4.89. The number of aryl methyl sites for hydroxylation is 1. The highest BCUT2D eigenvalue weighted by Gasteiger charge is 2.44. The zero-order valence-corrected chi connectivity index (χ0v) is 37.2. The van der Waals surface area contributed by atoms with Crippen LogP contribution >= 0.6 is 7.82 Å². The summed E-state index contributed by atoms with van der Waals surface area (Å²) in [4.78, 5) is 86.1. The molecule has 1 aliphatic rings. The van der Waals surface area contributed by atoms with Crippen molar-refractivity contribution in [2.45, 2.75) is 101 Å². The molecular formula is C46H52N5O15P. The predicted molar refractivity (Wildman–Crippen MR) is 238 cm³/mol. The number of nitro benzene ring substituents is 1. The van der Waals surface area contributed by atoms with Gasteiger partial charge >= 0.3 is 13.5 Å². The number of nitrogens with zero attached hydrogens (tertiary/aromatic N) is 3. The normalized spacial score (nSPS) is 19.8. The number of rotatable bonds is 23. The number of amides is 2. The molecule has 7 N–H and O–H groups in total. The van der Waals surface area contributed by atoms with Gasteiger partial charge < -0.3 is 35.2 Å². The average Bonchev–Trinajstić information content (AvgIpc) is 3.80. The summed E-state index contributed by atoms with van der Waals surface area (Å²) in [5, 5.41) is 56.6. The summed E-state index contributed by atoms with van der Waals surface area (Å²) < 4.78 is 26.3. The van der Waals surface area contributed by atoms with Crippen molar-refractivity contribution in [3.8, 4) is 5.75 Å². The fourth-order valence-corrected chi connectivity index (χ4v) is 8.52. The molecule has 1 aromatic heterocycles. The van der Waals surface area contributed by atoms with Gasteiger partial charge in [-0.15, -0.1) is 0 Å². The van der Waals surface area contributed by atoms with E-state index in [1.54, 1.807) is 49.4 Å². The first-order valence-electron chi connectivity index (χ1n) is 21.6. The Kier molecular flexibility index (Phi) is 17.2. The molecule has 5 aromatic rings. The number of nitrogens with one attached hydrogen (secondary N) is 2. The van der Waals surface area contributed by atoms with Gasteiger partial charge in [0.25, 0.3) is 0 Å². The largest absolute Gasteiger partial charge is 0.524 e. The molecule has 2 unspecified atom stereocenters. The number of aliphatic hydroxyl groups excluding tert-OH is 3. The molecule has 1 fully saturated rings. The Balaban J connectivity index is 1.22. The van der Waals surface area contributed by atoms with E-state index >= 15 is 0 Å². The van der Waals surface area contributed by atoms with Gasteiger partial charge in [-0.1, -0.05) is 79.7 Å². The van der Waals surface area contributed by atoms with Crippen LogP contribution in [0.3, 0.4) is 0 Å². The number of fused-ring (bicyclic) bond motifs is 1. The summed E-state index contributed by atoms with van der Waals surface area (Å²) in [6.07, 6.45) is -5.51. The van der Waals surface area contributed by atoms with Crippen molar-refractivity contribution < 1.29 is 67.7 Å². The Bertz CT molecular complexity index is 2540. The van der Waals surface area contributed by atoms with E-state index in [4.69, 9.17) is 9.37 Å². The topological polar surface area (TPSA) is 311 Å². The maximum absolute atomic E-state index is 14.6. The molecule has 0 saturated carbocycles. The number of phosphoric ester groups is 1. The summed E-state index contributed by atoms with van der Waals surface area (Å²) in [5.74, 6) is -4.57. The van der Waals surface area contributed by atoms with E-state index in [0.717, 1.165) is 5.56 Å². The molecule has 1 aliphatic heterocycles. The second-order valence-corrected chi connectivity index (χ2v) is 17.6. The zero-order chi connectivity index (χ0) is 48.3.